The third kappa shape index (κ3) is 4.63. The molecule has 7 heteroatoms. The first kappa shape index (κ1) is 15.6. The molecule has 2 rings (SSSR count). The monoisotopic (exact) mass is 309 g/mol. The van der Waals surface area contributed by atoms with Crippen LogP contribution >= 0.6 is 11.8 Å². The number of carbonyl (C=O) groups excluding carboxylic acids is 1. The number of rotatable bonds is 5. The van der Waals surface area contributed by atoms with Gasteiger partial charge in [0.1, 0.15) is 5.69 Å². The summed E-state index contributed by atoms with van der Waals surface area (Å²) in [7, 11) is 0. The summed E-state index contributed by atoms with van der Waals surface area (Å²) in [5.74, 6) is 0.0936. The zero-order valence-corrected chi connectivity index (χ0v) is 12.7. The van der Waals surface area contributed by atoms with Gasteiger partial charge in [-0.25, -0.2) is 14.6 Å². The second-order valence-corrected chi connectivity index (χ2v) is 6.98. The van der Waals surface area contributed by atoms with Gasteiger partial charge in [0.2, 0.25) is 0 Å². The minimum absolute atomic E-state index is 0.00520. The van der Waals surface area contributed by atoms with Gasteiger partial charge in [0.05, 0.1) is 0 Å². The molecule has 2 heterocycles. The Kier molecular flexibility index (Phi) is 5.06. The molecule has 1 fully saturated rings. The van der Waals surface area contributed by atoms with Gasteiger partial charge in [-0.3, -0.25) is 0 Å². The van der Waals surface area contributed by atoms with Crippen LogP contribution < -0.4 is 10.6 Å². The molecule has 1 unspecified atom stereocenters. The maximum atomic E-state index is 11.7. The second-order valence-electron chi connectivity index (χ2n) is 5.29. The molecule has 0 aromatic carbocycles. The molecule has 114 valence electrons. The highest BCUT2D eigenvalue weighted by molar-refractivity contribution is 8.00. The SMILES string of the molecule is CC1(CNC(=O)NCc2ccc(C(=O)O)nc2)CCCS1. The van der Waals surface area contributed by atoms with Gasteiger partial charge >= 0.3 is 12.0 Å². The zero-order valence-electron chi connectivity index (χ0n) is 11.9. The van der Waals surface area contributed by atoms with E-state index < -0.39 is 5.97 Å². The van der Waals surface area contributed by atoms with Gasteiger partial charge in [-0.05, 0) is 37.1 Å². The molecule has 1 aromatic heterocycles. The third-order valence-electron chi connectivity index (χ3n) is 3.42. The highest BCUT2D eigenvalue weighted by Crippen LogP contribution is 2.36. The van der Waals surface area contributed by atoms with Crippen molar-refractivity contribution in [2.24, 2.45) is 0 Å². The number of hydrogen-bond donors (Lipinski definition) is 3. The molecule has 0 bridgehead atoms. The number of carboxylic acids is 1. The van der Waals surface area contributed by atoms with E-state index in [0.717, 1.165) is 17.7 Å². The average Bonchev–Trinajstić information content (AvgIpc) is 2.91. The van der Waals surface area contributed by atoms with Crippen LogP contribution in [0.3, 0.4) is 0 Å². The van der Waals surface area contributed by atoms with E-state index in [4.69, 9.17) is 5.11 Å². The van der Waals surface area contributed by atoms with Crippen LogP contribution in [-0.2, 0) is 6.54 Å². The number of hydrogen-bond acceptors (Lipinski definition) is 4. The highest BCUT2D eigenvalue weighted by Gasteiger charge is 2.29. The topological polar surface area (TPSA) is 91.3 Å². The summed E-state index contributed by atoms with van der Waals surface area (Å²) in [5, 5.41) is 14.4. The molecule has 2 amide bonds. The molecule has 0 spiro atoms. The normalized spacial score (nSPS) is 21.0. The Morgan fingerprint density at radius 3 is 2.81 bits per heavy atom. The molecular weight excluding hydrogens is 290 g/mol. The maximum absolute atomic E-state index is 11.7. The van der Waals surface area contributed by atoms with Crippen LogP contribution in [0.25, 0.3) is 0 Å². The van der Waals surface area contributed by atoms with Crippen molar-refractivity contribution in [3.63, 3.8) is 0 Å². The number of nitrogens with zero attached hydrogens (tertiary/aromatic N) is 1. The van der Waals surface area contributed by atoms with Crippen molar-refractivity contribution in [3.05, 3.63) is 29.6 Å². The smallest absolute Gasteiger partial charge is 0.354 e. The van der Waals surface area contributed by atoms with Gasteiger partial charge in [0.25, 0.3) is 0 Å². The lowest BCUT2D eigenvalue weighted by Crippen LogP contribution is -2.42. The molecular formula is C14H19N3O3S. The Balaban J connectivity index is 1.74. The molecule has 0 aliphatic carbocycles. The van der Waals surface area contributed by atoms with Gasteiger partial charge in [0.15, 0.2) is 0 Å². The van der Waals surface area contributed by atoms with Crippen molar-refractivity contribution in [3.8, 4) is 0 Å². The van der Waals surface area contributed by atoms with Crippen LogP contribution in [-0.4, -0.2) is 39.1 Å². The molecule has 6 nitrogen and oxygen atoms in total. The average molecular weight is 309 g/mol. The van der Waals surface area contributed by atoms with Crippen LogP contribution in [0.15, 0.2) is 18.3 Å². The number of aromatic carboxylic acids is 1. The Morgan fingerprint density at radius 2 is 2.24 bits per heavy atom. The number of urea groups is 1. The minimum Gasteiger partial charge on any atom is -0.477 e. The van der Waals surface area contributed by atoms with E-state index in [1.165, 1.54) is 18.7 Å². The third-order valence-corrected chi connectivity index (χ3v) is 4.96. The molecule has 1 aliphatic rings. The Morgan fingerprint density at radius 1 is 1.43 bits per heavy atom. The van der Waals surface area contributed by atoms with E-state index in [9.17, 15) is 9.59 Å². The van der Waals surface area contributed by atoms with E-state index >= 15 is 0 Å². The van der Waals surface area contributed by atoms with Gasteiger partial charge in [-0.15, -0.1) is 0 Å². The van der Waals surface area contributed by atoms with Gasteiger partial charge in [-0.2, -0.15) is 11.8 Å². The lowest BCUT2D eigenvalue weighted by Gasteiger charge is -2.22. The van der Waals surface area contributed by atoms with E-state index in [1.54, 1.807) is 6.07 Å². The van der Waals surface area contributed by atoms with Crippen molar-refractivity contribution in [1.82, 2.24) is 15.6 Å². The lowest BCUT2D eigenvalue weighted by molar-refractivity contribution is 0.0690. The molecule has 0 radical (unpaired) electrons. The number of carboxylic acid groups (broad SMARTS) is 1. The summed E-state index contributed by atoms with van der Waals surface area (Å²) in [6.07, 6.45) is 3.78. The van der Waals surface area contributed by atoms with Crippen LogP contribution in [0.2, 0.25) is 0 Å². The van der Waals surface area contributed by atoms with Crippen LogP contribution in [0.4, 0.5) is 4.79 Å². The fourth-order valence-corrected chi connectivity index (χ4v) is 3.39. The number of carbonyl (C=O) groups is 2. The quantitative estimate of drug-likeness (QED) is 0.772. The van der Waals surface area contributed by atoms with Crippen LogP contribution in [0, 0.1) is 0 Å². The van der Waals surface area contributed by atoms with Crippen LogP contribution in [0.5, 0.6) is 0 Å². The van der Waals surface area contributed by atoms with Crippen molar-refractivity contribution in [1.29, 1.82) is 0 Å². The first-order valence-corrected chi connectivity index (χ1v) is 7.81. The van der Waals surface area contributed by atoms with E-state index in [2.05, 4.69) is 22.5 Å². The molecule has 1 saturated heterocycles. The molecule has 1 aliphatic heterocycles. The second kappa shape index (κ2) is 6.80. The molecule has 0 saturated carbocycles. The number of thioether (sulfide) groups is 1. The summed E-state index contributed by atoms with van der Waals surface area (Å²) in [4.78, 5) is 26.2. The van der Waals surface area contributed by atoms with E-state index in [-0.39, 0.29) is 16.5 Å². The van der Waals surface area contributed by atoms with E-state index in [0.29, 0.717) is 13.1 Å². The predicted molar refractivity (Wildman–Crippen MR) is 81.5 cm³/mol. The predicted octanol–water partition coefficient (Wildman–Crippen LogP) is 1.86. The number of pyridine rings is 1. The van der Waals surface area contributed by atoms with Crippen LogP contribution in [0.1, 0.15) is 35.8 Å². The fraction of sp³-hybridized carbons (Fsp3) is 0.500. The van der Waals surface area contributed by atoms with E-state index in [1.807, 2.05) is 11.8 Å². The Hall–Kier alpha value is -1.76. The van der Waals surface area contributed by atoms with Gasteiger partial charge in [0, 0.05) is 24.0 Å². The highest BCUT2D eigenvalue weighted by atomic mass is 32.2. The fourth-order valence-electron chi connectivity index (χ4n) is 2.14. The summed E-state index contributed by atoms with van der Waals surface area (Å²) < 4.78 is 0.141. The van der Waals surface area contributed by atoms with Crippen molar-refractivity contribution in [2.45, 2.75) is 31.1 Å². The lowest BCUT2D eigenvalue weighted by atomic mass is 10.1. The van der Waals surface area contributed by atoms with Gasteiger partial charge < -0.3 is 15.7 Å². The summed E-state index contributed by atoms with van der Waals surface area (Å²) in [6, 6.07) is 2.85. The number of aromatic nitrogens is 1. The first-order chi connectivity index (χ1) is 9.98. The van der Waals surface area contributed by atoms with Crippen molar-refractivity contribution >= 4 is 23.8 Å². The number of amides is 2. The molecule has 21 heavy (non-hydrogen) atoms. The Bertz CT molecular complexity index is 513. The molecule has 1 aromatic rings. The van der Waals surface area contributed by atoms with Gasteiger partial charge in [-0.1, -0.05) is 6.07 Å². The maximum Gasteiger partial charge on any atom is 0.354 e. The molecule has 1 atom stereocenters. The van der Waals surface area contributed by atoms with Crippen molar-refractivity contribution in [2.75, 3.05) is 12.3 Å². The summed E-state index contributed by atoms with van der Waals surface area (Å²) in [5.41, 5.74) is 0.756. The Labute approximate surface area is 127 Å². The largest absolute Gasteiger partial charge is 0.477 e. The first-order valence-electron chi connectivity index (χ1n) is 6.82. The summed E-state index contributed by atoms with van der Waals surface area (Å²) >= 11 is 1.90. The standard InChI is InChI=1S/C14H19N3O3S/c1-14(5-2-6-21-14)9-17-13(20)16-8-10-3-4-11(12(18)19)15-7-10/h3-4,7H,2,5-6,8-9H2,1H3,(H,18,19)(H2,16,17,20). The number of nitrogens with one attached hydrogen (secondary N) is 2. The molecule has 3 N–H and O–H groups in total. The summed E-state index contributed by atoms with van der Waals surface area (Å²) in [6.45, 7) is 3.14. The zero-order chi connectivity index (χ0) is 15.3. The van der Waals surface area contributed by atoms with Crippen molar-refractivity contribution < 1.29 is 14.7 Å². The minimum atomic E-state index is -1.06.